The molecule has 0 aliphatic carbocycles. The normalized spacial score (nSPS) is 20.3. The van der Waals surface area contributed by atoms with E-state index in [9.17, 15) is 4.39 Å². The van der Waals surface area contributed by atoms with Gasteiger partial charge in [0.05, 0.1) is 23.7 Å². The van der Waals surface area contributed by atoms with E-state index in [0.29, 0.717) is 11.0 Å². The summed E-state index contributed by atoms with van der Waals surface area (Å²) in [6.07, 6.45) is 0.171. The van der Waals surface area contributed by atoms with Crippen molar-refractivity contribution in [2.24, 2.45) is 0 Å². The quantitative estimate of drug-likeness (QED) is 0.766. The van der Waals surface area contributed by atoms with E-state index in [-0.39, 0.29) is 12.2 Å². The number of rotatable bonds is 2. The zero-order chi connectivity index (χ0) is 14.3. The third kappa shape index (κ3) is 2.65. The Labute approximate surface area is 113 Å². The molecule has 3 nitrogen and oxygen atoms in total. The molecule has 0 saturated carbocycles. The van der Waals surface area contributed by atoms with Crippen molar-refractivity contribution >= 4 is 12.6 Å². The van der Waals surface area contributed by atoms with Crippen LogP contribution in [-0.4, -0.2) is 18.3 Å². The minimum absolute atomic E-state index is 0.171. The van der Waals surface area contributed by atoms with Crippen LogP contribution in [0.1, 0.15) is 33.3 Å². The topological polar surface area (TPSA) is 42.2 Å². The van der Waals surface area contributed by atoms with E-state index >= 15 is 0 Å². The Balaban J connectivity index is 2.32. The van der Waals surface area contributed by atoms with Crippen molar-refractivity contribution in [2.75, 3.05) is 0 Å². The number of halogens is 1. The lowest BCUT2D eigenvalue weighted by Crippen LogP contribution is -2.41. The number of hydrogen-bond acceptors (Lipinski definition) is 3. The first kappa shape index (κ1) is 14.0. The lowest BCUT2D eigenvalue weighted by molar-refractivity contribution is 0.00578. The first-order valence-electron chi connectivity index (χ1n) is 6.27. The molecule has 1 aromatic rings. The molecule has 1 heterocycles. The molecule has 0 aromatic heterocycles. The molecule has 5 heteroatoms. The summed E-state index contributed by atoms with van der Waals surface area (Å²) in [4.78, 5) is 0. The molecule has 1 fully saturated rings. The van der Waals surface area contributed by atoms with Gasteiger partial charge >= 0.3 is 7.12 Å². The maximum absolute atomic E-state index is 13.6. The molecule has 19 heavy (non-hydrogen) atoms. The molecule has 0 unspecified atom stereocenters. The highest BCUT2D eigenvalue weighted by molar-refractivity contribution is 6.62. The van der Waals surface area contributed by atoms with Gasteiger partial charge in [0.2, 0.25) is 0 Å². The molecule has 1 saturated heterocycles. The smallest absolute Gasteiger partial charge is 0.399 e. The first-order chi connectivity index (χ1) is 8.75. The fraction of sp³-hybridized carbons (Fsp3) is 0.500. The molecule has 1 aromatic carbocycles. The van der Waals surface area contributed by atoms with Gasteiger partial charge in [0, 0.05) is 0 Å². The van der Waals surface area contributed by atoms with Gasteiger partial charge < -0.3 is 9.31 Å². The third-order valence-electron chi connectivity index (χ3n) is 3.79. The Morgan fingerprint density at radius 3 is 2.26 bits per heavy atom. The van der Waals surface area contributed by atoms with E-state index in [1.807, 2.05) is 33.8 Å². The molecule has 0 N–H and O–H groups in total. The average Bonchev–Trinajstić information content (AvgIpc) is 2.48. The molecule has 0 radical (unpaired) electrons. The fourth-order valence-electron chi connectivity index (χ4n) is 1.98. The SMILES string of the molecule is CC1(C)OB(c2cc(F)cc(CC#N)c2)OC1(C)C. The van der Waals surface area contributed by atoms with E-state index in [1.165, 1.54) is 12.1 Å². The average molecular weight is 261 g/mol. The van der Waals surface area contributed by atoms with Gasteiger partial charge in [0.25, 0.3) is 0 Å². The first-order valence-corrected chi connectivity index (χ1v) is 6.27. The van der Waals surface area contributed by atoms with Gasteiger partial charge in [-0.2, -0.15) is 5.26 Å². The standard InChI is InChI=1S/C14H17BFNO2/c1-13(2)14(3,4)19-15(18-13)11-7-10(5-6-17)8-12(16)9-11/h7-9H,5H2,1-4H3. The zero-order valence-corrected chi connectivity index (χ0v) is 11.7. The van der Waals surface area contributed by atoms with Crippen LogP contribution in [0.25, 0.3) is 0 Å². The highest BCUT2D eigenvalue weighted by Gasteiger charge is 2.51. The van der Waals surface area contributed by atoms with Gasteiger partial charge in [-0.15, -0.1) is 0 Å². The Morgan fingerprint density at radius 2 is 1.74 bits per heavy atom. The van der Waals surface area contributed by atoms with Gasteiger partial charge in [0.1, 0.15) is 5.82 Å². The van der Waals surface area contributed by atoms with Crippen LogP contribution in [0, 0.1) is 17.1 Å². The highest BCUT2D eigenvalue weighted by atomic mass is 19.1. The van der Waals surface area contributed by atoms with Gasteiger partial charge in [-0.25, -0.2) is 4.39 Å². The molecule has 1 aliphatic heterocycles. The van der Waals surface area contributed by atoms with Crippen molar-refractivity contribution in [3.05, 3.63) is 29.6 Å². The zero-order valence-electron chi connectivity index (χ0n) is 11.7. The van der Waals surface area contributed by atoms with E-state index in [1.54, 1.807) is 6.07 Å². The van der Waals surface area contributed by atoms with Crippen LogP contribution < -0.4 is 5.46 Å². The van der Waals surface area contributed by atoms with Crippen LogP contribution in [0.2, 0.25) is 0 Å². The van der Waals surface area contributed by atoms with Crippen molar-refractivity contribution in [1.29, 1.82) is 5.26 Å². The van der Waals surface area contributed by atoms with Crippen molar-refractivity contribution in [2.45, 2.75) is 45.3 Å². The summed E-state index contributed by atoms with van der Waals surface area (Å²) in [5.74, 6) is -0.377. The maximum Gasteiger partial charge on any atom is 0.494 e. The Bertz CT molecular complexity index is 521. The predicted molar refractivity (Wildman–Crippen MR) is 71.4 cm³/mol. The molecule has 100 valence electrons. The predicted octanol–water partition coefficient (Wildman–Crippen LogP) is 2.19. The summed E-state index contributed by atoms with van der Waals surface area (Å²) < 4.78 is 25.3. The second-order valence-corrected chi connectivity index (χ2v) is 5.82. The summed E-state index contributed by atoms with van der Waals surface area (Å²) in [7, 11) is -0.599. The second-order valence-electron chi connectivity index (χ2n) is 5.82. The summed E-state index contributed by atoms with van der Waals surface area (Å²) >= 11 is 0. The number of nitriles is 1. The van der Waals surface area contributed by atoms with Gasteiger partial charge in [-0.3, -0.25) is 0 Å². The molecule has 2 rings (SSSR count). The molecule has 0 atom stereocenters. The van der Waals surface area contributed by atoms with Crippen LogP contribution in [0.4, 0.5) is 4.39 Å². The third-order valence-corrected chi connectivity index (χ3v) is 3.79. The maximum atomic E-state index is 13.6. The van der Waals surface area contributed by atoms with Gasteiger partial charge in [-0.05, 0) is 50.9 Å². The molecule has 0 spiro atoms. The van der Waals surface area contributed by atoms with Crippen LogP contribution in [-0.2, 0) is 15.7 Å². The van der Waals surface area contributed by atoms with Crippen LogP contribution in [0.5, 0.6) is 0 Å². The molecule has 1 aliphatic rings. The minimum atomic E-state index is -0.599. The van der Waals surface area contributed by atoms with Crippen LogP contribution in [0.15, 0.2) is 18.2 Å². The monoisotopic (exact) mass is 261 g/mol. The number of benzene rings is 1. The fourth-order valence-corrected chi connectivity index (χ4v) is 1.98. The summed E-state index contributed by atoms with van der Waals surface area (Å²) in [5.41, 5.74) is 0.328. The van der Waals surface area contributed by atoms with Crippen molar-refractivity contribution in [3.63, 3.8) is 0 Å². The summed E-state index contributed by atoms with van der Waals surface area (Å²) in [5, 5.41) is 8.70. The summed E-state index contributed by atoms with van der Waals surface area (Å²) in [6, 6.07) is 6.52. The minimum Gasteiger partial charge on any atom is -0.399 e. The molecular formula is C14H17BFNO2. The Kier molecular flexibility index (Phi) is 3.42. The highest BCUT2D eigenvalue weighted by Crippen LogP contribution is 2.36. The second kappa shape index (κ2) is 4.62. The molecule has 0 bridgehead atoms. The lowest BCUT2D eigenvalue weighted by atomic mass is 9.78. The van der Waals surface area contributed by atoms with Crippen molar-refractivity contribution in [1.82, 2.24) is 0 Å². The van der Waals surface area contributed by atoms with Gasteiger partial charge in [0.15, 0.2) is 0 Å². The van der Waals surface area contributed by atoms with E-state index in [0.717, 1.165) is 0 Å². The largest absolute Gasteiger partial charge is 0.494 e. The Hall–Kier alpha value is -1.38. The number of nitrogens with zero attached hydrogens (tertiary/aromatic N) is 1. The van der Waals surface area contributed by atoms with E-state index in [2.05, 4.69) is 0 Å². The van der Waals surface area contributed by atoms with E-state index in [4.69, 9.17) is 14.6 Å². The van der Waals surface area contributed by atoms with Crippen LogP contribution >= 0.6 is 0 Å². The van der Waals surface area contributed by atoms with E-state index < -0.39 is 18.3 Å². The van der Waals surface area contributed by atoms with Crippen molar-refractivity contribution in [3.8, 4) is 6.07 Å². The molecule has 0 amide bonds. The summed E-state index contributed by atoms with van der Waals surface area (Å²) in [6.45, 7) is 7.79. The number of hydrogen-bond donors (Lipinski definition) is 0. The van der Waals surface area contributed by atoms with Crippen molar-refractivity contribution < 1.29 is 13.7 Å². The Morgan fingerprint density at radius 1 is 1.16 bits per heavy atom. The van der Waals surface area contributed by atoms with Gasteiger partial charge in [-0.1, -0.05) is 6.07 Å². The molecular weight excluding hydrogens is 244 g/mol. The lowest BCUT2D eigenvalue weighted by Gasteiger charge is -2.32. The van der Waals surface area contributed by atoms with Crippen LogP contribution in [0.3, 0.4) is 0 Å².